The monoisotopic (exact) mass is 411 g/mol. The fourth-order valence-electron chi connectivity index (χ4n) is 3.53. The summed E-state index contributed by atoms with van der Waals surface area (Å²) in [4.78, 5) is 11.1. The highest BCUT2D eigenvalue weighted by atomic mass is 127. The van der Waals surface area contributed by atoms with Crippen LogP contribution in [-0.2, 0) is 6.42 Å². The largest absolute Gasteiger partial charge is 0.369 e. The van der Waals surface area contributed by atoms with Crippen molar-refractivity contribution in [3.05, 3.63) is 27.3 Å². The number of hydrogen-bond acceptors (Lipinski definition) is 5. The van der Waals surface area contributed by atoms with Crippen LogP contribution >= 0.6 is 22.6 Å². The van der Waals surface area contributed by atoms with Crippen LogP contribution in [0, 0.1) is 3.57 Å². The lowest BCUT2D eigenvalue weighted by Crippen LogP contribution is -2.58. The Kier molecular flexibility index (Phi) is 4.29. The Hall–Kier alpha value is -1.31. The molecule has 1 saturated carbocycles. The molecule has 5 nitrogen and oxygen atoms in total. The van der Waals surface area contributed by atoms with Gasteiger partial charge in [-0.3, -0.25) is 4.90 Å². The predicted octanol–water partition coefficient (Wildman–Crippen LogP) is 2.96. The van der Waals surface area contributed by atoms with Crippen molar-refractivity contribution < 1.29 is 0 Å². The van der Waals surface area contributed by atoms with Gasteiger partial charge in [0.2, 0.25) is 11.9 Å². The average Bonchev–Trinajstić information content (AvgIpc) is 2.48. The van der Waals surface area contributed by atoms with E-state index in [4.69, 9.17) is 16.5 Å². The van der Waals surface area contributed by atoms with Crippen LogP contribution in [0.5, 0.6) is 0 Å². The lowest BCUT2D eigenvalue weighted by Gasteiger charge is -2.46. The van der Waals surface area contributed by atoms with Crippen LogP contribution in [0.1, 0.15) is 44.6 Å². The minimum absolute atomic E-state index is 0.305. The van der Waals surface area contributed by atoms with Gasteiger partial charge in [0.15, 0.2) is 0 Å². The summed E-state index contributed by atoms with van der Waals surface area (Å²) in [5, 5.41) is 0. The van der Waals surface area contributed by atoms with Gasteiger partial charge in [-0.15, -0.1) is 0 Å². The molecule has 0 radical (unpaired) electrons. The van der Waals surface area contributed by atoms with Crippen molar-refractivity contribution in [1.29, 1.82) is 0 Å². The predicted molar refractivity (Wildman–Crippen MR) is 100 cm³/mol. The molecule has 1 aliphatic carbocycles. The van der Waals surface area contributed by atoms with Gasteiger partial charge >= 0.3 is 0 Å². The SMILES string of the molecule is CCc1cc(I)ccc1N1C(N)=NC(N)=NC12CCCCC2. The Morgan fingerprint density at radius 2 is 1.95 bits per heavy atom. The van der Waals surface area contributed by atoms with Gasteiger partial charge in [0.1, 0.15) is 5.66 Å². The third kappa shape index (κ3) is 2.68. The number of rotatable bonds is 2. The van der Waals surface area contributed by atoms with Crippen molar-refractivity contribution in [3.8, 4) is 0 Å². The molecule has 1 aromatic rings. The molecule has 0 bridgehead atoms. The van der Waals surface area contributed by atoms with Crippen LogP contribution in [0.25, 0.3) is 0 Å². The summed E-state index contributed by atoms with van der Waals surface area (Å²) in [6, 6.07) is 6.46. The van der Waals surface area contributed by atoms with Gasteiger partial charge in [-0.25, -0.2) is 4.99 Å². The lowest BCUT2D eigenvalue weighted by molar-refractivity contribution is 0.305. The van der Waals surface area contributed by atoms with Crippen molar-refractivity contribution in [2.45, 2.75) is 51.1 Å². The standard InChI is InChI=1S/C16H22IN5/c1-2-11-10-12(17)6-7-13(11)22-15(19)20-14(18)21-16(22)8-4-3-5-9-16/h6-7,10H,2-5,8-9H2,1H3,(H4,18,19,20,21). The number of halogens is 1. The Balaban J connectivity index is 2.12. The molecule has 3 rings (SSSR count). The number of guanidine groups is 2. The van der Waals surface area contributed by atoms with Crippen LogP contribution in [0.15, 0.2) is 28.2 Å². The first-order valence-electron chi connectivity index (χ1n) is 7.84. The van der Waals surface area contributed by atoms with Gasteiger partial charge in [0.25, 0.3) is 0 Å². The molecular formula is C16H22IN5. The van der Waals surface area contributed by atoms with Gasteiger partial charge in [-0.05, 0) is 78.5 Å². The third-order valence-corrected chi connectivity index (χ3v) is 5.19. The minimum atomic E-state index is -0.356. The van der Waals surface area contributed by atoms with E-state index in [0.717, 1.165) is 37.8 Å². The third-order valence-electron chi connectivity index (χ3n) is 4.51. The molecule has 1 aromatic carbocycles. The van der Waals surface area contributed by atoms with Crippen LogP contribution in [0.4, 0.5) is 5.69 Å². The van der Waals surface area contributed by atoms with E-state index >= 15 is 0 Å². The topological polar surface area (TPSA) is 80.0 Å². The molecule has 0 saturated heterocycles. The molecule has 0 unspecified atom stereocenters. The summed E-state index contributed by atoms with van der Waals surface area (Å²) < 4.78 is 1.23. The molecule has 118 valence electrons. The summed E-state index contributed by atoms with van der Waals surface area (Å²) in [5.41, 5.74) is 14.2. The Morgan fingerprint density at radius 3 is 2.64 bits per heavy atom. The fraction of sp³-hybridized carbons (Fsp3) is 0.500. The number of hydrogen-bond donors (Lipinski definition) is 2. The van der Waals surface area contributed by atoms with E-state index in [0.29, 0.717) is 11.9 Å². The van der Waals surface area contributed by atoms with Crippen molar-refractivity contribution in [1.82, 2.24) is 0 Å². The van der Waals surface area contributed by atoms with E-state index in [2.05, 4.69) is 57.6 Å². The summed E-state index contributed by atoms with van der Waals surface area (Å²) in [7, 11) is 0. The van der Waals surface area contributed by atoms with E-state index < -0.39 is 0 Å². The molecule has 6 heteroatoms. The van der Waals surface area contributed by atoms with Crippen LogP contribution < -0.4 is 16.4 Å². The molecule has 1 fully saturated rings. The van der Waals surface area contributed by atoms with Gasteiger partial charge < -0.3 is 11.5 Å². The molecule has 2 aliphatic rings. The number of nitrogens with zero attached hydrogens (tertiary/aromatic N) is 3. The number of benzene rings is 1. The van der Waals surface area contributed by atoms with Crippen LogP contribution in [0.2, 0.25) is 0 Å². The average molecular weight is 411 g/mol. The highest BCUT2D eigenvalue weighted by molar-refractivity contribution is 14.1. The van der Waals surface area contributed by atoms with Crippen molar-refractivity contribution >= 4 is 40.2 Å². The summed E-state index contributed by atoms with van der Waals surface area (Å²) in [6.45, 7) is 2.16. The van der Waals surface area contributed by atoms with E-state index in [1.54, 1.807) is 0 Å². The molecule has 1 spiro atoms. The van der Waals surface area contributed by atoms with E-state index in [1.807, 2.05) is 0 Å². The summed E-state index contributed by atoms with van der Waals surface area (Å²) >= 11 is 2.34. The van der Waals surface area contributed by atoms with Crippen molar-refractivity contribution in [3.63, 3.8) is 0 Å². The summed E-state index contributed by atoms with van der Waals surface area (Å²) in [5.74, 6) is 0.768. The fourth-order valence-corrected chi connectivity index (χ4v) is 4.08. The van der Waals surface area contributed by atoms with Crippen LogP contribution in [0.3, 0.4) is 0 Å². The maximum absolute atomic E-state index is 6.28. The molecule has 4 N–H and O–H groups in total. The van der Waals surface area contributed by atoms with Crippen LogP contribution in [-0.4, -0.2) is 17.6 Å². The number of aliphatic imine (C=N–C) groups is 2. The molecule has 0 atom stereocenters. The molecule has 0 aromatic heterocycles. The second-order valence-electron chi connectivity index (χ2n) is 5.95. The molecule has 1 heterocycles. The maximum atomic E-state index is 6.28. The first-order valence-corrected chi connectivity index (χ1v) is 8.92. The molecular weight excluding hydrogens is 389 g/mol. The highest BCUT2D eigenvalue weighted by Crippen LogP contribution is 2.40. The summed E-state index contributed by atoms with van der Waals surface area (Å²) in [6.07, 6.45) is 6.43. The smallest absolute Gasteiger partial charge is 0.220 e. The van der Waals surface area contributed by atoms with Gasteiger partial charge in [-0.2, -0.15) is 4.99 Å². The molecule has 22 heavy (non-hydrogen) atoms. The normalized spacial score (nSPS) is 20.7. The number of anilines is 1. The highest BCUT2D eigenvalue weighted by Gasteiger charge is 2.43. The Morgan fingerprint density at radius 1 is 1.23 bits per heavy atom. The maximum Gasteiger partial charge on any atom is 0.220 e. The van der Waals surface area contributed by atoms with E-state index in [9.17, 15) is 0 Å². The zero-order chi connectivity index (χ0) is 15.7. The number of aryl methyl sites for hydroxylation is 1. The van der Waals surface area contributed by atoms with Gasteiger partial charge in [-0.1, -0.05) is 13.3 Å². The Labute approximate surface area is 145 Å². The Bertz CT molecular complexity index is 631. The minimum Gasteiger partial charge on any atom is -0.369 e. The zero-order valence-electron chi connectivity index (χ0n) is 12.8. The van der Waals surface area contributed by atoms with Gasteiger partial charge in [0.05, 0.1) is 0 Å². The van der Waals surface area contributed by atoms with Crippen molar-refractivity contribution in [2.75, 3.05) is 4.90 Å². The van der Waals surface area contributed by atoms with Gasteiger partial charge in [0, 0.05) is 9.26 Å². The quantitative estimate of drug-likeness (QED) is 0.735. The first kappa shape index (κ1) is 15.6. The molecule has 0 amide bonds. The zero-order valence-corrected chi connectivity index (χ0v) is 15.0. The second kappa shape index (κ2) is 6.06. The van der Waals surface area contributed by atoms with Crippen molar-refractivity contribution in [2.24, 2.45) is 21.5 Å². The first-order chi connectivity index (χ1) is 10.6. The number of nitrogens with two attached hydrogens (primary N) is 2. The van der Waals surface area contributed by atoms with E-state index in [1.165, 1.54) is 15.6 Å². The van der Waals surface area contributed by atoms with E-state index in [-0.39, 0.29) is 5.66 Å². The lowest BCUT2D eigenvalue weighted by atomic mass is 9.87. The molecule has 1 aliphatic heterocycles. The second-order valence-corrected chi connectivity index (χ2v) is 7.19.